The number of benzene rings is 2. The second kappa shape index (κ2) is 8.27. The number of hydrogen-bond acceptors (Lipinski definition) is 7. The number of rotatable bonds is 7. The van der Waals surface area contributed by atoms with E-state index < -0.39 is 9.84 Å². The second-order valence-electron chi connectivity index (χ2n) is 6.86. The highest BCUT2D eigenvalue weighted by molar-refractivity contribution is 7.90. The number of nitrogens with one attached hydrogen (secondary N) is 1. The number of methoxy groups -OCH3 is 1. The third-order valence-electron chi connectivity index (χ3n) is 4.66. The zero-order chi connectivity index (χ0) is 22.0. The van der Waals surface area contributed by atoms with Crippen molar-refractivity contribution in [3.05, 3.63) is 61.1 Å². The molecule has 0 bridgehead atoms. The van der Waals surface area contributed by atoms with Gasteiger partial charge in [-0.1, -0.05) is 12.1 Å². The number of ether oxygens (including phenoxy) is 2. The normalized spacial score (nSPS) is 11.5. The summed E-state index contributed by atoms with van der Waals surface area (Å²) in [5.41, 5.74) is 2.68. The molecule has 0 atom stereocenters. The van der Waals surface area contributed by atoms with E-state index in [1.165, 1.54) is 6.26 Å². The first kappa shape index (κ1) is 20.7. The SMILES string of the molecule is CCOc1ccc(Nc2nc(-c3cccc(S(C)(=O)=O)c3)cn3ccnc23)cc1OC. The Morgan fingerprint density at radius 1 is 1.13 bits per heavy atom. The third-order valence-corrected chi connectivity index (χ3v) is 5.77. The fourth-order valence-corrected chi connectivity index (χ4v) is 3.86. The highest BCUT2D eigenvalue weighted by Crippen LogP contribution is 2.32. The monoisotopic (exact) mass is 438 g/mol. The summed E-state index contributed by atoms with van der Waals surface area (Å²) in [7, 11) is -1.74. The quantitative estimate of drug-likeness (QED) is 0.467. The standard InChI is InChI=1S/C22H22N4O4S/c1-4-30-19-9-8-16(13-20(19)29-2)24-21-22-23-10-11-26(22)14-18(25-21)15-6-5-7-17(12-15)31(3,27)28/h5-14H,4H2,1-3H3,(H,24,25). The summed E-state index contributed by atoms with van der Waals surface area (Å²) < 4.78 is 36.8. The van der Waals surface area contributed by atoms with E-state index in [2.05, 4.69) is 10.3 Å². The molecule has 4 rings (SSSR count). The second-order valence-corrected chi connectivity index (χ2v) is 8.87. The molecule has 0 unspecified atom stereocenters. The molecule has 0 fully saturated rings. The number of fused-ring (bicyclic) bond motifs is 1. The molecule has 2 heterocycles. The Kier molecular flexibility index (Phi) is 5.51. The van der Waals surface area contributed by atoms with Crippen molar-refractivity contribution < 1.29 is 17.9 Å². The minimum atomic E-state index is -3.33. The number of imidazole rings is 1. The Hall–Kier alpha value is -3.59. The van der Waals surface area contributed by atoms with E-state index in [4.69, 9.17) is 14.5 Å². The van der Waals surface area contributed by atoms with E-state index in [9.17, 15) is 8.42 Å². The first-order valence-corrected chi connectivity index (χ1v) is 11.5. The maximum Gasteiger partial charge on any atom is 0.180 e. The molecule has 8 nitrogen and oxygen atoms in total. The summed E-state index contributed by atoms with van der Waals surface area (Å²) in [4.78, 5) is 9.34. The average Bonchev–Trinajstić information content (AvgIpc) is 3.23. The Morgan fingerprint density at radius 3 is 2.71 bits per heavy atom. The predicted octanol–water partition coefficient (Wildman–Crippen LogP) is 3.95. The maximum atomic E-state index is 12.0. The molecular weight excluding hydrogens is 416 g/mol. The van der Waals surface area contributed by atoms with Crippen molar-refractivity contribution in [3.8, 4) is 22.8 Å². The van der Waals surface area contributed by atoms with Crippen molar-refractivity contribution in [2.45, 2.75) is 11.8 Å². The molecular formula is C22H22N4O4S. The fourth-order valence-electron chi connectivity index (χ4n) is 3.20. The molecule has 160 valence electrons. The van der Waals surface area contributed by atoms with Crippen molar-refractivity contribution >= 4 is 27.0 Å². The smallest absolute Gasteiger partial charge is 0.180 e. The number of anilines is 2. The van der Waals surface area contributed by atoms with Gasteiger partial charge in [0.05, 0.1) is 24.3 Å². The molecule has 2 aromatic heterocycles. The Bertz CT molecular complexity index is 1350. The Labute approximate surface area is 180 Å². The molecule has 1 N–H and O–H groups in total. The first-order valence-electron chi connectivity index (χ1n) is 9.61. The van der Waals surface area contributed by atoms with Crippen LogP contribution in [0.15, 0.2) is 66.0 Å². The lowest BCUT2D eigenvalue weighted by Gasteiger charge is -2.13. The van der Waals surface area contributed by atoms with Gasteiger partial charge in [0, 0.05) is 42.2 Å². The Balaban J connectivity index is 1.77. The molecule has 9 heteroatoms. The molecule has 2 aromatic carbocycles. The summed E-state index contributed by atoms with van der Waals surface area (Å²) in [6.07, 6.45) is 6.49. The van der Waals surface area contributed by atoms with E-state index in [1.807, 2.05) is 48.0 Å². The zero-order valence-electron chi connectivity index (χ0n) is 17.4. The van der Waals surface area contributed by atoms with Gasteiger partial charge < -0.3 is 19.2 Å². The van der Waals surface area contributed by atoms with Gasteiger partial charge in [0.2, 0.25) is 0 Å². The van der Waals surface area contributed by atoms with Crippen molar-refractivity contribution in [1.82, 2.24) is 14.4 Å². The van der Waals surface area contributed by atoms with Crippen LogP contribution < -0.4 is 14.8 Å². The van der Waals surface area contributed by atoms with E-state index in [1.54, 1.807) is 31.5 Å². The van der Waals surface area contributed by atoms with Crippen LogP contribution in [0.5, 0.6) is 11.5 Å². The molecule has 0 saturated heterocycles. The molecule has 0 aliphatic rings. The van der Waals surface area contributed by atoms with Crippen LogP contribution in [-0.2, 0) is 9.84 Å². The van der Waals surface area contributed by atoms with Gasteiger partial charge >= 0.3 is 0 Å². The van der Waals surface area contributed by atoms with E-state index in [0.29, 0.717) is 40.8 Å². The molecule has 0 saturated carbocycles. The van der Waals surface area contributed by atoms with Gasteiger partial charge in [-0.05, 0) is 31.2 Å². The van der Waals surface area contributed by atoms with E-state index >= 15 is 0 Å². The lowest BCUT2D eigenvalue weighted by molar-refractivity contribution is 0.311. The van der Waals surface area contributed by atoms with E-state index in [-0.39, 0.29) is 4.90 Å². The van der Waals surface area contributed by atoms with Gasteiger partial charge in [-0.3, -0.25) is 0 Å². The highest BCUT2D eigenvalue weighted by Gasteiger charge is 2.14. The van der Waals surface area contributed by atoms with Crippen molar-refractivity contribution in [2.24, 2.45) is 0 Å². The summed E-state index contributed by atoms with van der Waals surface area (Å²) in [5.74, 6) is 1.78. The molecule has 0 radical (unpaired) electrons. The largest absolute Gasteiger partial charge is 0.493 e. The van der Waals surface area contributed by atoms with Crippen LogP contribution in [0.2, 0.25) is 0 Å². The Morgan fingerprint density at radius 2 is 1.97 bits per heavy atom. The van der Waals surface area contributed by atoms with Crippen LogP contribution in [0.3, 0.4) is 0 Å². The highest BCUT2D eigenvalue weighted by atomic mass is 32.2. The van der Waals surface area contributed by atoms with Crippen molar-refractivity contribution in [1.29, 1.82) is 0 Å². The summed E-state index contributed by atoms with van der Waals surface area (Å²) in [6.45, 7) is 2.45. The van der Waals surface area contributed by atoms with Crippen molar-refractivity contribution in [3.63, 3.8) is 0 Å². The zero-order valence-corrected chi connectivity index (χ0v) is 18.2. The van der Waals surface area contributed by atoms with Gasteiger partial charge in [-0.25, -0.2) is 18.4 Å². The summed E-state index contributed by atoms with van der Waals surface area (Å²) >= 11 is 0. The van der Waals surface area contributed by atoms with Crippen LogP contribution in [0, 0.1) is 0 Å². The van der Waals surface area contributed by atoms with Crippen LogP contribution in [0.1, 0.15) is 6.92 Å². The number of sulfone groups is 1. The topological polar surface area (TPSA) is 94.8 Å². The number of hydrogen-bond donors (Lipinski definition) is 1. The maximum absolute atomic E-state index is 12.0. The van der Waals surface area contributed by atoms with Gasteiger partial charge in [0.25, 0.3) is 0 Å². The molecule has 31 heavy (non-hydrogen) atoms. The van der Waals surface area contributed by atoms with Crippen LogP contribution in [0.25, 0.3) is 16.9 Å². The van der Waals surface area contributed by atoms with E-state index in [0.717, 1.165) is 5.69 Å². The van der Waals surface area contributed by atoms with Crippen LogP contribution in [-0.4, -0.2) is 42.8 Å². The minimum Gasteiger partial charge on any atom is -0.493 e. The minimum absolute atomic E-state index is 0.239. The third kappa shape index (κ3) is 4.31. The molecule has 0 aliphatic heterocycles. The molecule has 0 spiro atoms. The number of nitrogens with zero attached hydrogens (tertiary/aromatic N) is 3. The first-order chi connectivity index (χ1) is 14.9. The van der Waals surface area contributed by atoms with Gasteiger partial charge in [0.1, 0.15) is 0 Å². The van der Waals surface area contributed by atoms with Gasteiger partial charge in [-0.15, -0.1) is 0 Å². The molecule has 0 amide bonds. The van der Waals surface area contributed by atoms with Crippen LogP contribution >= 0.6 is 0 Å². The van der Waals surface area contributed by atoms with Crippen LogP contribution in [0.4, 0.5) is 11.5 Å². The summed E-state index contributed by atoms with van der Waals surface area (Å²) in [6, 6.07) is 12.2. The van der Waals surface area contributed by atoms with Gasteiger partial charge in [0.15, 0.2) is 32.8 Å². The average molecular weight is 439 g/mol. The molecule has 0 aliphatic carbocycles. The molecule has 4 aromatic rings. The van der Waals surface area contributed by atoms with Crippen molar-refractivity contribution in [2.75, 3.05) is 25.3 Å². The summed E-state index contributed by atoms with van der Waals surface area (Å²) in [5, 5.41) is 3.28. The fraction of sp³-hybridized carbons (Fsp3) is 0.182. The number of aromatic nitrogens is 3. The predicted molar refractivity (Wildman–Crippen MR) is 119 cm³/mol. The van der Waals surface area contributed by atoms with Gasteiger partial charge in [-0.2, -0.15) is 0 Å². The lowest BCUT2D eigenvalue weighted by atomic mass is 10.1. The lowest BCUT2D eigenvalue weighted by Crippen LogP contribution is -2.02.